The van der Waals surface area contributed by atoms with Crippen LogP contribution in [0.5, 0.6) is 0 Å². The summed E-state index contributed by atoms with van der Waals surface area (Å²) in [7, 11) is 1.19. The van der Waals surface area contributed by atoms with Gasteiger partial charge in [0.15, 0.2) is 0 Å². The number of hydrogen-bond donors (Lipinski definition) is 1. The van der Waals surface area contributed by atoms with Crippen molar-refractivity contribution in [1.82, 2.24) is 5.32 Å². The Morgan fingerprint density at radius 3 is 1.11 bits per heavy atom. The molecule has 0 saturated carbocycles. The van der Waals surface area contributed by atoms with E-state index in [1.807, 2.05) is 33.3 Å². The fraction of sp³-hybridized carbons (Fsp3) is 0.865. The van der Waals surface area contributed by atoms with Crippen LogP contribution in [0.4, 0.5) is 0 Å². The van der Waals surface area contributed by atoms with Crippen LogP contribution in [0, 0.1) is 0 Å². The maximum Gasteiger partial charge on any atom is 0.306 e. The van der Waals surface area contributed by atoms with Gasteiger partial charge in [0.1, 0.15) is 19.3 Å². The summed E-state index contributed by atoms with van der Waals surface area (Å²) in [5, 5.41) is 3.04. The Bertz CT molecular complexity index is 1570. The van der Waals surface area contributed by atoms with E-state index in [0.29, 0.717) is 17.4 Å². The molecule has 0 fully saturated rings. The highest BCUT2D eigenvalue weighted by atomic mass is 31.2. The zero-order valence-electron chi connectivity index (χ0n) is 56.6. The molecule has 0 rings (SSSR count). The number of carbonyl (C=O) groups excluding carboxylic acids is 2. The number of phosphoric acid groups is 1. The number of esters is 1. The van der Waals surface area contributed by atoms with Gasteiger partial charge in [-0.2, -0.15) is 0 Å². The number of amides is 1. The quantitative estimate of drug-likeness (QED) is 0.0212. The van der Waals surface area contributed by atoms with Crippen molar-refractivity contribution < 1.29 is 37.3 Å². The largest absolute Gasteiger partial charge is 0.756 e. The van der Waals surface area contributed by atoms with E-state index in [4.69, 9.17) is 13.8 Å². The molecule has 1 amide bonds. The standard InChI is InChI=1S/C74H141N2O7P/c1-7-10-13-16-19-22-25-28-30-32-34-35-36-37-38-39-40-41-43-45-47-49-52-55-58-61-64-67-74(78)83-72(65-62-59-56-53-50-27-24-21-18-15-12-9-3)71(70-82-84(79,80)81-69-68-76(4,5)6)75-73(77)66-63-60-57-54-51-48-46-44-42-33-31-29-26-23-20-17-14-11-8-2/h20,23,28-31,62,65,71-72H,7-19,21-22,24-27,32-61,63-64,66-70H2,1-6H3,(H-,75,77,79,80)/b23-20-,30-28+,31-29-,65-62-. The molecular weight excluding hydrogens is 1060 g/mol. The van der Waals surface area contributed by atoms with Crippen molar-refractivity contribution in [1.29, 1.82) is 0 Å². The molecule has 3 unspecified atom stereocenters. The molecule has 3 atom stereocenters. The van der Waals surface area contributed by atoms with E-state index >= 15 is 0 Å². The van der Waals surface area contributed by atoms with E-state index in [9.17, 15) is 19.0 Å². The molecule has 0 aromatic rings. The van der Waals surface area contributed by atoms with Crippen LogP contribution < -0.4 is 10.2 Å². The lowest BCUT2D eigenvalue weighted by Crippen LogP contribution is -2.47. The summed E-state index contributed by atoms with van der Waals surface area (Å²) in [5.74, 6) is -0.529. The number of unbranched alkanes of at least 4 members (excludes halogenated alkanes) is 45. The molecular formula is C74H141N2O7P. The highest BCUT2D eigenvalue weighted by Crippen LogP contribution is 2.38. The molecule has 0 heterocycles. The minimum absolute atomic E-state index is 0.0217. The van der Waals surface area contributed by atoms with E-state index < -0.39 is 20.0 Å². The molecule has 9 nitrogen and oxygen atoms in total. The van der Waals surface area contributed by atoms with Gasteiger partial charge < -0.3 is 28.5 Å². The van der Waals surface area contributed by atoms with Crippen LogP contribution in [0.2, 0.25) is 0 Å². The van der Waals surface area contributed by atoms with Gasteiger partial charge in [-0.1, -0.05) is 307 Å². The smallest absolute Gasteiger partial charge is 0.306 e. The summed E-state index contributed by atoms with van der Waals surface area (Å²) in [6.07, 6.45) is 81.0. The van der Waals surface area contributed by atoms with E-state index in [-0.39, 0.29) is 31.5 Å². The first kappa shape index (κ1) is 82.0. The summed E-state index contributed by atoms with van der Waals surface area (Å²) in [6.45, 7) is 6.86. The third-order valence-corrected chi connectivity index (χ3v) is 17.4. The van der Waals surface area contributed by atoms with E-state index in [1.54, 1.807) is 0 Å². The van der Waals surface area contributed by atoms with Gasteiger partial charge >= 0.3 is 5.97 Å². The fourth-order valence-electron chi connectivity index (χ4n) is 10.8. The summed E-state index contributed by atoms with van der Waals surface area (Å²) in [6, 6.07) is -0.890. The number of rotatable bonds is 67. The van der Waals surface area contributed by atoms with E-state index in [2.05, 4.69) is 62.5 Å². The topological polar surface area (TPSA) is 114 Å². The summed E-state index contributed by atoms with van der Waals surface area (Å²) < 4.78 is 30.5. The SMILES string of the molecule is CCCCC/C=C\C/C=C\CCCCCCCCCCCC(=O)NC(COP(=O)([O-])OCC[N+](C)(C)C)C(/C=C\CCCCCCCCCCCC)OC(=O)CCCCCCCCCCCCCCCCCCC/C=C/CCCCCCCC. The Hall–Kier alpha value is -2.03. The monoisotopic (exact) mass is 1200 g/mol. The lowest BCUT2D eigenvalue weighted by Gasteiger charge is -2.30. The van der Waals surface area contributed by atoms with Gasteiger partial charge in [-0.15, -0.1) is 0 Å². The molecule has 0 radical (unpaired) electrons. The summed E-state index contributed by atoms with van der Waals surface area (Å²) in [4.78, 5) is 40.2. The van der Waals surface area contributed by atoms with Crippen LogP contribution in [0.1, 0.15) is 361 Å². The first-order valence-electron chi connectivity index (χ1n) is 36.4. The van der Waals surface area contributed by atoms with Crippen molar-refractivity contribution >= 4 is 19.7 Å². The van der Waals surface area contributed by atoms with Crippen LogP contribution in [0.15, 0.2) is 48.6 Å². The van der Waals surface area contributed by atoms with Crippen LogP contribution >= 0.6 is 7.82 Å². The molecule has 0 aliphatic heterocycles. The van der Waals surface area contributed by atoms with Crippen LogP contribution in [-0.4, -0.2) is 69.4 Å². The summed E-state index contributed by atoms with van der Waals surface area (Å²) in [5.41, 5.74) is 0. The Morgan fingerprint density at radius 1 is 0.417 bits per heavy atom. The maximum atomic E-state index is 13.6. The molecule has 0 aromatic carbocycles. The first-order chi connectivity index (χ1) is 40.9. The number of ether oxygens (including phenoxy) is 1. The van der Waals surface area contributed by atoms with Crippen LogP contribution in [0.25, 0.3) is 0 Å². The van der Waals surface area contributed by atoms with Crippen molar-refractivity contribution in [2.45, 2.75) is 373 Å². The number of allylic oxidation sites excluding steroid dienone is 7. The lowest BCUT2D eigenvalue weighted by atomic mass is 10.0. The van der Waals surface area contributed by atoms with Gasteiger partial charge in [-0.3, -0.25) is 14.2 Å². The zero-order valence-corrected chi connectivity index (χ0v) is 57.5. The Kier molecular flexibility index (Phi) is 62.4. The molecule has 0 aliphatic rings. The fourth-order valence-corrected chi connectivity index (χ4v) is 11.6. The molecule has 0 aromatic heterocycles. The second kappa shape index (κ2) is 64.0. The average Bonchev–Trinajstić information content (AvgIpc) is 3.64. The van der Waals surface area contributed by atoms with E-state index in [0.717, 1.165) is 77.0 Å². The molecule has 84 heavy (non-hydrogen) atoms. The third kappa shape index (κ3) is 64.4. The second-order valence-corrected chi connectivity index (χ2v) is 27.5. The molecule has 0 saturated heterocycles. The minimum atomic E-state index is -4.70. The highest BCUT2D eigenvalue weighted by molar-refractivity contribution is 7.45. The number of carbonyl (C=O) groups is 2. The van der Waals surface area contributed by atoms with Crippen molar-refractivity contribution in [2.24, 2.45) is 0 Å². The number of nitrogens with one attached hydrogen (secondary N) is 1. The molecule has 0 spiro atoms. The number of nitrogens with zero attached hydrogens (tertiary/aromatic N) is 1. The second-order valence-electron chi connectivity index (χ2n) is 26.1. The van der Waals surface area contributed by atoms with Gasteiger partial charge in [0.25, 0.3) is 7.82 Å². The minimum Gasteiger partial charge on any atom is -0.756 e. The van der Waals surface area contributed by atoms with Crippen LogP contribution in [-0.2, 0) is 27.9 Å². The normalized spacial score (nSPS) is 13.8. The maximum absolute atomic E-state index is 13.6. The van der Waals surface area contributed by atoms with Crippen molar-refractivity contribution in [2.75, 3.05) is 40.9 Å². The van der Waals surface area contributed by atoms with Gasteiger partial charge in [0.05, 0.1) is 33.8 Å². The first-order valence-corrected chi connectivity index (χ1v) is 37.9. The highest BCUT2D eigenvalue weighted by Gasteiger charge is 2.27. The number of hydrogen-bond acceptors (Lipinski definition) is 7. The number of quaternary nitrogens is 1. The Labute approximate surface area is 522 Å². The summed E-state index contributed by atoms with van der Waals surface area (Å²) >= 11 is 0. The molecule has 494 valence electrons. The Balaban J connectivity index is 4.98. The molecule has 0 bridgehead atoms. The number of phosphoric ester groups is 1. The molecule has 1 N–H and O–H groups in total. The predicted octanol–water partition coefficient (Wildman–Crippen LogP) is 22.6. The predicted molar refractivity (Wildman–Crippen MR) is 363 cm³/mol. The number of likely N-dealkylation sites (N-methyl/N-ethyl adjacent to an activating group) is 1. The van der Waals surface area contributed by atoms with Crippen LogP contribution in [0.3, 0.4) is 0 Å². The van der Waals surface area contributed by atoms with Gasteiger partial charge in [-0.25, -0.2) is 0 Å². The average molecular weight is 1200 g/mol. The molecule has 0 aliphatic carbocycles. The van der Waals surface area contributed by atoms with Crippen molar-refractivity contribution in [3.8, 4) is 0 Å². The zero-order chi connectivity index (χ0) is 61.4. The van der Waals surface area contributed by atoms with Gasteiger partial charge in [0.2, 0.25) is 5.91 Å². The van der Waals surface area contributed by atoms with Crippen molar-refractivity contribution in [3.05, 3.63) is 48.6 Å². The van der Waals surface area contributed by atoms with E-state index in [1.165, 1.54) is 250 Å². The third-order valence-electron chi connectivity index (χ3n) is 16.5. The lowest BCUT2D eigenvalue weighted by molar-refractivity contribution is -0.870. The Morgan fingerprint density at radius 2 is 0.726 bits per heavy atom. The van der Waals surface area contributed by atoms with Gasteiger partial charge in [0, 0.05) is 12.8 Å². The van der Waals surface area contributed by atoms with Crippen molar-refractivity contribution in [3.63, 3.8) is 0 Å². The van der Waals surface area contributed by atoms with Gasteiger partial charge in [-0.05, 0) is 89.5 Å². The molecule has 10 heteroatoms.